The van der Waals surface area contributed by atoms with E-state index in [2.05, 4.69) is 9.88 Å². The number of hydrogen-bond acceptors (Lipinski definition) is 7. The molecule has 0 amide bonds. The van der Waals surface area contributed by atoms with E-state index in [1.807, 2.05) is 24.3 Å². The molecule has 1 saturated carbocycles. The zero-order valence-electron chi connectivity index (χ0n) is 19.4. The Bertz CT molecular complexity index is 1230. The predicted molar refractivity (Wildman–Crippen MR) is 138 cm³/mol. The molecule has 1 aliphatic heterocycles. The van der Waals surface area contributed by atoms with E-state index in [1.54, 1.807) is 6.07 Å². The van der Waals surface area contributed by atoms with Gasteiger partial charge in [0, 0.05) is 24.7 Å². The molecule has 0 unspecified atom stereocenters. The van der Waals surface area contributed by atoms with Crippen LogP contribution in [-0.2, 0) is 4.79 Å². The highest BCUT2D eigenvalue weighted by Crippen LogP contribution is 2.46. The number of aromatic nitrogens is 2. The maximum Gasteiger partial charge on any atom is 0.307 e. The number of rotatable bonds is 5. The van der Waals surface area contributed by atoms with Crippen LogP contribution < -0.4 is 4.90 Å². The number of pyridine rings is 1. The summed E-state index contributed by atoms with van der Waals surface area (Å²) in [6.45, 7) is 1.11. The number of carboxylic acid groups (broad SMARTS) is 1. The molecule has 0 spiro atoms. The first-order chi connectivity index (χ1) is 17.2. The summed E-state index contributed by atoms with van der Waals surface area (Å²) in [6.07, 6.45) is 0.581. The van der Waals surface area contributed by atoms with Gasteiger partial charge in [0.15, 0.2) is 0 Å². The smallest absolute Gasteiger partial charge is 0.307 e. The van der Waals surface area contributed by atoms with E-state index in [0.717, 1.165) is 22.3 Å². The molecule has 3 heterocycles. The molecule has 5 rings (SSSR count). The van der Waals surface area contributed by atoms with Gasteiger partial charge < -0.3 is 10.0 Å². The number of anilines is 1. The first-order valence-electron chi connectivity index (χ1n) is 11.8. The lowest BCUT2D eigenvalue weighted by molar-refractivity contribution is -0.144. The third-order valence-corrected chi connectivity index (χ3v) is 9.74. The fourth-order valence-corrected chi connectivity index (χ4v) is 7.28. The third-order valence-electron chi connectivity index (χ3n) is 6.93. The molecule has 7 nitrogen and oxygen atoms in total. The lowest BCUT2D eigenvalue weighted by atomic mass is 9.76. The fourth-order valence-electron chi connectivity index (χ4n) is 4.93. The number of carbonyl (C=O) groups is 1. The molecule has 1 saturated heterocycles. The van der Waals surface area contributed by atoms with Gasteiger partial charge in [-0.25, -0.2) is 13.8 Å². The van der Waals surface area contributed by atoms with Crippen LogP contribution in [0.2, 0.25) is 0 Å². The second-order valence-corrected chi connectivity index (χ2v) is 12.7. The molecular formula is C25H27F2N3O4S2. The predicted octanol–water partition coefficient (Wildman–Crippen LogP) is 5.89. The standard InChI is InChI=1S/C25H27F2N3O4S2/c26-16-3-7-19(20(13-16)25(31)32)22-23(35-24(29-22)21-8-4-17(27)14-28-21)15-1-5-18(6-2-15)30-9-11-36(33,34)12-10-30/h1-2,4-6,8,14,16,19-20,33-34H,3,7,9-13H2,(H,31,32)/t16-,19+,20+/m0/s1. The molecule has 2 aliphatic rings. The van der Waals surface area contributed by atoms with Gasteiger partial charge in [0.1, 0.15) is 17.0 Å². The van der Waals surface area contributed by atoms with Gasteiger partial charge >= 0.3 is 5.97 Å². The van der Waals surface area contributed by atoms with Gasteiger partial charge in [-0.15, -0.1) is 11.3 Å². The molecule has 1 aromatic carbocycles. The number of halogens is 2. The molecule has 3 aromatic rings. The number of nitrogens with zero attached hydrogens (tertiary/aromatic N) is 3. The number of hydrogen-bond donors (Lipinski definition) is 3. The molecule has 11 heteroatoms. The zero-order valence-corrected chi connectivity index (χ0v) is 21.0. The van der Waals surface area contributed by atoms with Crippen molar-refractivity contribution in [3.8, 4) is 21.1 Å². The van der Waals surface area contributed by atoms with Crippen LogP contribution in [0.1, 0.15) is 30.9 Å². The molecular weight excluding hydrogens is 508 g/mol. The first kappa shape index (κ1) is 25.1. The summed E-state index contributed by atoms with van der Waals surface area (Å²) < 4.78 is 47.3. The van der Waals surface area contributed by atoms with E-state index in [4.69, 9.17) is 4.98 Å². The van der Waals surface area contributed by atoms with Crippen molar-refractivity contribution < 1.29 is 27.8 Å². The van der Waals surface area contributed by atoms with E-state index in [1.165, 1.54) is 17.4 Å². The number of benzene rings is 1. The van der Waals surface area contributed by atoms with Crippen molar-refractivity contribution in [3.63, 3.8) is 0 Å². The summed E-state index contributed by atoms with van der Waals surface area (Å²) in [7, 11) is -2.49. The highest BCUT2D eigenvalue weighted by atomic mass is 32.3. The van der Waals surface area contributed by atoms with E-state index in [0.29, 0.717) is 47.4 Å². The van der Waals surface area contributed by atoms with Crippen LogP contribution in [0.3, 0.4) is 0 Å². The molecule has 2 fully saturated rings. The average Bonchev–Trinajstić information content (AvgIpc) is 3.30. The van der Waals surface area contributed by atoms with Crippen molar-refractivity contribution >= 4 is 33.6 Å². The first-order valence-corrected chi connectivity index (χ1v) is 14.5. The molecule has 2 aromatic heterocycles. The summed E-state index contributed by atoms with van der Waals surface area (Å²) >= 11 is 1.36. The molecule has 192 valence electrons. The lowest BCUT2D eigenvalue weighted by Crippen LogP contribution is -2.38. The van der Waals surface area contributed by atoms with Crippen molar-refractivity contribution in [2.24, 2.45) is 5.92 Å². The van der Waals surface area contributed by atoms with Crippen LogP contribution in [0, 0.1) is 11.7 Å². The van der Waals surface area contributed by atoms with Gasteiger partial charge in [-0.2, -0.15) is 10.6 Å². The number of aliphatic carboxylic acids is 1. The van der Waals surface area contributed by atoms with Crippen LogP contribution >= 0.6 is 21.9 Å². The molecule has 36 heavy (non-hydrogen) atoms. The summed E-state index contributed by atoms with van der Waals surface area (Å²) in [5.41, 5.74) is 2.91. The molecule has 0 bridgehead atoms. The maximum absolute atomic E-state index is 14.1. The van der Waals surface area contributed by atoms with E-state index in [-0.39, 0.29) is 12.8 Å². The van der Waals surface area contributed by atoms with Crippen molar-refractivity contribution in [1.29, 1.82) is 0 Å². The highest BCUT2D eigenvalue weighted by Gasteiger charge is 2.39. The van der Waals surface area contributed by atoms with E-state index >= 15 is 0 Å². The Morgan fingerprint density at radius 3 is 2.44 bits per heavy atom. The fraction of sp³-hybridized carbons (Fsp3) is 0.400. The minimum Gasteiger partial charge on any atom is -0.481 e. The summed E-state index contributed by atoms with van der Waals surface area (Å²) in [5, 5.41) is 10.4. The maximum atomic E-state index is 14.1. The Morgan fingerprint density at radius 1 is 1.08 bits per heavy atom. The number of carboxylic acids is 1. The Labute approximate surface area is 213 Å². The van der Waals surface area contributed by atoms with Gasteiger partial charge in [-0.05, 0) is 49.1 Å². The monoisotopic (exact) mass is 535 g/mol. The third kappa shape index (κ3) is 5.24. The van der Waals surface area contributed by atoms with Crippen LogP contribution in [0.25, 0.3) is 21.1 Å². The minimum atomic E-state index is -2.49. The van der Waals surface area contributed by atoms with E-state index in [9.17, 15) is 27.8 Å². The summed E-state index contributed by atoms with van der Waals surface area (Å²) in [6, 6.07) is 10.6. The SMILES string of the molecule is O=C(O)[C@@H]1C[C@@H](F)CC[C@H]1c1nc(-c2ccc(F)cn2)sc1-c1ccc(N2CCS(O)(O)CC2)cc1. The average molecular weight is 536 g/mol. The normalized spacial score (nSPS) is 24.9. The van der Waals surface area contributed by atoms with E-state index < -0.39 is 40.4 Å². The van der Waals surface area contributed by atoms with Crippen molar-refractivity contribution in [1.82, 2.24) is 9.97 Å². The van der Waals surface area contributed by atoms with Crippen LogP contribution in [0.15, 0.2) is 42.6 Å². The van der Waals surface area contributed by atoms with Gasteiger partial charge in [0.25, 0.3) is 0 Å². The molecule has 1 aliphatic carbocycles. The van der Waals surface area contributed by atoms with Crippen LogP contribution in [0.4, 0.5) is 14.5 Å². The largest absolute Gasteiger partial charge is 0.481 e. The number of thiazole rings is 1. The minimum absolute atomic E-state index is 0.0474. The van der Waals surface area contributed by atoms with Crippen LogP contribution in [-0.4, -0.2) is 60.9 Å². The van der Waals surface area contributed by atoms with Gasteiger partial charge in [0.05, 0.1) is 39.9 Å². The van der Waals surface area contributed by atoms with Gasteiger partial charge in [-0.1, -0.05) is 12.1 Å². The Balaban J connectivity index is 1.51. The van der Waals surface area contributed by atoms with Crippen molar-refractivity contribution in [2.75, 3.05) is 29.5 Å². The second-order valence-electron chi connectivity index (χ2n) is 9.30. The lowest BCUT2D eigenvalue weighted by Gasteiger charge is -2.41. The summed E-state index contributed by atoms with van der Waals surface area (Å²) in [5.74, 6) is -2.13. The van der Waals surface area contributed by atoms with Gasteiger partial charge in [-0.3, -0.25) is 18.9 Å². The molecule has 3 N–H and O–H groups in total. The van der Waals surface area contributed by atoms with Crippen LogP contribution in [0.5, 0.6) is 0 Å². The Morgan fingerprint density at radius 2 is 1.81 bits per heavy atom. The zero-order chi connectivity index (χ0) is 25.4. The Kier molecular flexibility index (Phi) is 6.99. The van der Waals surface area contributed by atoms with Crippen molar-refractivity contribution in [3.05, 3.63) is 54.1 Å². The second kappa shape index (κ2) is 10.0. The quantitative estimate of drug-likeness (QED) is 0.374. The topological polar surface area (TPSA) is 107 Å². The molecule has 3 atom stereocenters. The Hall–Kier alpha value is -2.60. The highest BCUT2D eigenvalue weighted by molar-refractivity contribution is 8.24. The van der Waals surface area contributed by atoms with Gasteiger partial charge in [0.2, 0.25) is 0 Å². The molecule has 0 radical (unpaired) electrons. The number of alkyl halides is 1. The van der Waals surface area contributed by atoms with Crippen molar-refractivity contribution in [2.45, 2.75) is 31.4 Å². The summed E-state index contributed by atoms with van der Waals surface area (Å²) in [4.78, 5) is 23.9.